The van der Waals surface area contributed by atoms with E-state index in [9.17, 15) is 4.79 Å². The Morgan fingerprint density at radius 2 is 1.93 bits per heavy atom. The Morgan fingerprint density at radius 1 is 1.33 bits per heavy atom. The Bertz CT molecular complexity index is 279. The summed E-state index contributed by atoms with van der Waals surface area (Å²) in [5.74, 6) is -0.836. The molecule has 15 heavy (non-hydrogen) atoms. The molecule has 0 spiro atoms. The zero-order valence-corrected chi connectivity index (χ0v) is 10.2. The highest BCUT2D eigenvalue weighted by Gasteiger charge is 2.54. The van der Waals surface area contributed by atoms with Crippen molar-refractivity contribution in [3.63, 3.8) is 0 Å². The van der Waals surface area contributed by atoms with Crippen LogP contribution >= 0.6 is 11.8 Å². The van der Waals surface area contributed by atoms with Gasteiger partial charge in [-0.05, 0) is 13.8 Å². The van der Waals surface area contributed by atoms with Gasteiger partial charge in [-0.1, -0.05) is 6.92 Å². The van der Waals surface area contributed by atoms with E-state index in [1.54, 1.807) is 11.8 Å². The summed E-state index contributed by atoms with van der Waals surface area (Å²) in [6, 6.07) is 0. The van der Waals surface area contributed by atoms with Gasteiger partial charge < -0.3 is 14.2 Å². The van der Waals surface area contributed by atoms with Gasteiger partial charge >= 0.3 is 5.97 Å². The van der Waals surface area contributed by atoms with Crippen molar-refractivity contribution in [2.24, 2.45) is 0 Å². The first-order chi connectivity index (χ1) is 6.89. The zero-order valence-electron chi connectivity index (χ0n) is 9.35. The summed E-state index contributed by atoms with van der Waals surface area (Å²) in [7, 11) is 0. The number of fused-ring (bicyclic) bond motifs is 1. The first-order valence-corrected chi connectivity index (χ1v) is 6.02. The molecule has 0 aromatic carbocycles. The highest BCUT2D eigenvalue weighted by molar-refractivity contribution is 8.00. The van der Waals surface area contributed by atoms with Crippen LogP contribution in [0.1, 0.15) is 27.7 Å². The molecule has 2 saturated heterocycles. The number of esters is 1. The molecule has 0 bridgehead atoms. The number of hydrogen-bond donors (Lipinski definition) is 0. The molecule has 4 nitrogen and oxygen atoms in total. The highest BCUT2D eigenvalue weighted by atomic mass is 32.2. The fourth-order valence-electron chi connectivity index (χ4n) is 2.02. The van der Waals surface area contributed by atoms with Crippen molar-refractivity contribution in [2.75, 3.05) is 0 Å². The van der Waals surface area contributed by atoms with Gasteiger partial charge in [-0.25, -0.2) is 0 Å². The van der Waals surface area contributed by atoms with E-state index in [2.05, 4.69) is 6.92 Å². The van der Waals surface area contributed by atoms with Crippen LogP contribution in [0.3, 0.4) is 0 Å². The average molecular weight is 232 g/mol. The number of thioether (sulfide) groups is 1. The van der Waals surface area contributed by atoms with Crippen molar-refractivity contribution in [1.29, 1.82) is 0 Å². The third-order valence-electron chi connectivity index (χ3n) is 2.53. The van der Waals surface area contributed by atoms with E-state index < -0.39 is 5.79 Å². The lowest BCUT2D eigenvalue weighted by Crippen LogP contribution is -2.31. The first-order valence-electron chi connectivity index (χ1n) is 5.07. The summed E-state index contributed by atoms with van der Waals surface area (Å²) in [4.78, 5) is 10.9. The van der Waals surface area contributed by atoms with Crippen molar-refractivity contribution in [1.82, 2.24) is 0 Å². The lowest BCUT2D eigenvalue weighted by atomic mass is 10.2. The van der Waals surface area contributed by atoms with Crippen LogP contribution in [0, 0.1) is 0 Å². The van der Waals surface area contributed by atoms with E-state index >= 15 is 0 Å². The molecule has 2 heterocycles. The summed E-state index contributed by atoms with van der Waals surface area (Å²) >= 11 is 1.59. The van der Waals surface area contributed by atoms with Crippen LogP contribution in [0.4, 0.5) is 0 Å². The number of rotatable bonds is 1. The van der Waals surface area contributed by atoms with Crippen LogP contribution in [-0.2, 0) is 19.0 Å². The van der Waals surface area contributed by atoms with Gasteiger partial charge in [-0.15, -0.1) is 11.8 Å². The molecule has 0 aromatic heterocycles. The Labute approximate surface area is 93.6 Å². The average Bonchev–Trinajstić information content (AvgIpc) is 2.49. The van der Waals surface area contributed by atoms with Crippen molar-refractivity contribution in [3.05, 3.63) is 0 Å². The summed E-state index contributed by atoms with van der Waals surface area (Å²) in [6.45, 7) is 7.25. The highest BCUT2D eigenvalue weighted by Crippen LogP contribution is 2.45. The molecule has 2 rings (SSSR count). The monoisotopic (exact) mass is 232 g/mol. The largest absolute Gasteiger partial charge is 0.449 e. The molecule has 0 radical (unpaired) electrons. The second kappa shape index (κ2) is 3.64. The molecule has 0 N–H and O–H groups in total. The molecule has 1 unspecified atom stereocenters. The van der Waals surface area contributed by atoms with Gasteiger partial charge in [-0.3, -0.25) is 4.79 Å². The maximum Gasteiger partial charge on any atom is 0.303 e. The van der Waals surface area contributed by atoms with Gasteiger partial charge in [-0.2, -0.15) is 0 Å². The number of ether oxygens (including phenoxy) is 3. The van der Waals surface area contributed by atoms with Crippen LogP contribution in [0.25, 0.3) is 0 Å². The van der Waals surface area contributed by atoms with Gasteiger partial charge in [0, 0.05) is 12.2 Å². The van der Waals surface area contributed by atoms with E-state index in [-0.39, 0.29) is 23.6 Å². The maximum atomic E-state index is 10.9. The van der Waals surface area contributed by atoms with Crippen molar-refractivity contribution < 1.29 is 19.0 Å². The quantitative estimate of drug-likeness (QED) is 0.641. The molecular formula is C10H16O4S. The topological polar surface area (TPSA) is 44.8 Å². The van der Waals surface area contributed by atoms with Crippen LogP contribution in [-0.4, -0.2) is 34.7 Å². The minimum absolute atomic E-state index is 0.0225. The molecule has 0 aromatic rings. The first kappa shape index (κ1) is 11.2. The molecule has 0 amide bonds. The van der Waals surface area contributed by atoms with E-state index in [1.165, 1.54) is 6.92 Å². The lowest BCUT2D eigenvalue weighted by Gasteiger charge is -2.22. The van der Waals surface area contributed by atoms with Crippen molar-refractivity contribution in [2.45, 2.75) is 56.4 Å². The normalized spacial score (nSPS) is 42.7. The number of hydrogen-bond acceptors (Lipinski definition) is 5. The Balaban J connectivity index is 2.09. The number of carbonyl (C=O) groups excluding carboxylic acids is 1. The molecule has 86 valence electrons. The second-order valence-electron chi connectivity index (χ2n) is 4.38. The molecule has 2 fully saturated rings. The third kappa shape index (κ3) is 2.14. The SMILES string of the molecule is CC(=O)OC1S[C@@H](C)[C@H]2OC(C)(C)O[C@@H]12. The summed E-state index contributed by atoms with van der Waals surface area (Å²) in [6.07, 6.45) is -0.113. The molecular weight excluding hydrogens is 216 g/mol. The Morgan fingerprint density at radius 3 is 2.53 bits per heavy atom. The van der Waals surface area contributed by atoms with Gasteiger partial charge in [0.05, 0.1) is 0 Å². The summed E-state index contributed by atoms with van der Waals surface area (Å²) < 4.78 is 16.7. The molecule has 0 saturated carbocycles. The maximum absolute atomic E-state index is 10.9. The van der Waals surface area contributed by atoms with E-state index in [0.29, 0.717) is 5.25 Å². The predicted octanol–water partition coefficient (Wildman–Crippen LogP) is 1.53. The molecule has 2 aliphatic rings. The molecule has 2 aliphatic heterocycles. The minimum atomic E-state index is -0.566. The Hall–Kier alpha value is -0.260. The lowest BCUT2D eigenvalue weighted by molar-refractivity contribution is -0.162. The molecule has 0 aliphatic carbocycles. The van der Waals surface area contributed by atoms with E-state index in [0.717, 1.165) is 0 Å². The van der Waals surface area contributed by atoms with Gasteiger partial charge in [0.1, 0.15) is 12.2 Å². The van der Waals surface area contributed by atoms with Crippen LogP contribution in [0.2, 0.25) is 0 Å². The van der Waals surface area contributed by atoms with Gasteiger partial charge in [0.25, 0.3) is 0 Å². The van der Waals surface area contributed by atoms with Gasteiger partial charge in [0.2, 0.25) is 0 Å². The van der Waals surface area contributed by atoms with Crippen LogP contribution in [0.5, 0.6) is 0 Å². The van der Waals surface area contributed by atoms with Crippen molar-refractivity contribution in [3.8, 4) is 0 Å². The predicted molar refractivity (Wildman–Crippen MR) is 56.4 cm³/mol. The van der Waals surface area contributed by atoms with E-state index in [4.69, 9.17) is 14.2 Å². The fraction of sp³-hybridized carbons (Fsp3) is 0.900. The minimum Gasteiger partial charge on any atom is -0.449 e. The molecule has 4 atom stereocenters. The Kier molecular flexibility index (Phi) is 2.73. The summed E-state index contributed by atoms with van der Waals surface area (Å²) in [5, 5.41) is 0.293. The number of carbonyl (C=O) groups is 1. The summed E-state index contributed by atoms with van der Waals surface area (Å²) in [5.41, 5.74) is -0.232. The second-order valence-corrected chi connectivity index (χ2v) is 5.86. The fourth-order valence-corrected chi connectivity index (χ4v) is 3.36. The molecule has 5 heteroatoms. The van der Waals surface area contributed by atoms with Gasteiger partial charge in [0.15, 0.2) is 11.2 Å². The zero-order chi connectivity index (χ0) is 11.2. The van der Waals surface area contributed by atoms with Crippen LogP contribution < -0.4 is 0 Å². The van der Waals surface area contributed by atoms with Crippen LogP contribution in [0.15, 0.2) is 0 Å². The smallest absolute Gasteiger partial charge is 0.303 e. The van der Waals surface area contributed by atoms with Crippen molar-refractivity contribution >= 4 is 17.7 Å². The third-order valence-corrected chi connectivity index (χ3v) is 3.86. The van der Waals surface area contributed by atoms with E-state index in [1.807, 2.05) is 13.8 Å². The standard InChI is InChI=1S/C10H16O4S/c1-5-7-8(14-10(3,4)13-7)9(15-5)12-6(2)11/h5,7-9H,1-4H3/t5-,7+,8+,9?/m0/s1.